The van der Waals surface area contributed by atoms with Crippen molar-refractivity contribution in [2.45, 2.75) is 6.92 Å². The van der Waals surface area contributed by atoms with Crippen molar-refractivity contribution in [2.24, 2.45) is 0 Å². The number of nitrogens with one attached hydrogen (secondary N) is 1. The minimum absolute atomic E-state index is 0.195. The van der Waals surface area contributed by atoms with Crippen LogP contribution in [0, 0.1) is 0 Å². The predicted octanol–water partition coefficient (Wildman–Crippen LogP) is 2.88. The second kappa shape index (κ2) is 5.72. The first-order valence-electron chi connectivity index (χ1n) is 4.47. The number of amides is 2. The number of hydrogen-bond acceptors (Lipinski definition) is 3. The first-order chi connectivity index (χ1) is 7.54. The van der Waals surface area contributed by atoms with Gasteiger partial charge < -0.3 is 4.74 Å². The number of alkyl carbamates (subject to hydrolysis) is 1. The molecule has 0 aliphatic heterocycles. The molecular weight excluding hydrogens is 253 g/mol. The Morgan fingerprint density at radius 2 is 2.00 bits per heavy atom. The molecule has 0 aliphatic carbocycles. The highest BCUT2D eigenvalue weighted by Crippen LogP contribution is 2.22. The van der Waals surface area contributed by atoms with Crippen molar-refractivity contribution in [1.82, 2.24) is 5.32 Å². The zero-order chi connectivity index (χ0) is 12.1. The third kappa shape index (κ3) is 3.40. The number of carbonyl (C=O) groups is 2. The lowest BCUT2D eigenvalue weighted by molar-refractivity contribution is 0.0925. The number of carbonyl (C=O) groups excluding carboxylic acids is 2. The molecule has 0 saturated carbocycles. The normalized spacial score (nSPS) is 9.69. The Hall–Kier alpha value is -1.26. The Morgan fingerprint density at radius 3 is 2.56 bits per heavy atom. The second-order valence-corrected chi connectivity index (χ2v) is 3.62. The summed E-state index contributed by atoms with van der Waals surface area (Å²) in [7, 11) is 0. The van der Waals surface area contributed by atoms with E-state index in [0.29, 0.717) is 5.02 Å². The number of rotatable bonds is 2. The van der Waals surface area contributed by atoms with Crippen molar-refractivity contribution >= 4 is 35.2 Å². The maximum Gasteiger partial charge on any atom is 0.414 e. The van der Waals surface area contributed by atoms with E-state index >= 15 is 0 Å². The van der Waals surface area contributed by atoms with E-state index in [2.05, 4.69) is 4.74 Å². The summed E-state index contributed by atoms with van der Waals surface area (Å²) in [5.74, 6) is -0.586. The summed E-state index contributed by atoms with van der Waals surface area (Å²) in [5, 5.41) is 2.63. The molecule has 1 aromatic rings. The fraction of sp³-hybridized carbons (Fsp3) is 0.200. The Kier molecular flexibility index (Phi) is 4.58. The van der Waals surface area contributed by atoms with Crippen LogP contribution in [0.25, 0.3) is 0 Å². The second-order valence-electron chi connectivity index (χ2n) is 2.80. The van der Waals surface area contributed by atoms with Gasteiger partial charge in [0.2, 0.25) is 0 Å². The van der Waals surface area contributed by atoms with Gasteiger partial charge in [-0.3, -0.25) is 10.1 Å². The van der Waals surface area contributed by atoms with Crippen LogP contribution in [0.2, 0.25) is 10.0 Å². The lowest BCUT2D eigenvalue weighted by Crippen LogP contribution is -2.30. The van der Waals surface area contributed by atoms with Gasteiger partial charge in [-0.2, -0.15) is 0 Å². The third-order valence-corrected chi connectivity index (χ3v) is 2.41. The number of halogens is 2. The lowest BCUT2D eigenvalue weighted by atomic mass is 10.2. The summed E-state index contributed by atoms with van der Waals surface area (Å²) >= 11 is 11.4. The average molecular weight is 262 g/mol. The van der Waals surface area contributed by atoms with Gasteiger partial charge in [0.15, 0.2) is 0 Å². The van der Waals surface area contributed by atoms with E-state index in [1.165, 1.54) is 18.2 Å². The molecule has 0 unspecified atom stereocenters. The highest BCUT2D eigenvalue weighted by atomic mass is 35.5. The average Bonchev–Trinajstić information content (AvgIpc) is 2.22. The van der Waals surface area contributed by atoms with E-state index < -0.39 is 12.0 Å². The van der Waals surface area contributed by atoms with E-state index in [1.807, 2.05) is 5.32 Å². The molecule has 1 rings (SSSR count). The summed E-state index contributed by atoms with van der Waals surface area (Å²) in [6, 6.07) is 4.31. The molecule has 0 saturated heterocycles. The van der Waals surface area contributed by atoms with Gasteiger partial charge in [-0.05, 0) is 25.1 Å². The van der Waals surface area contributed by atoms with Crippen LogP contribution < -0.4 is 5.32 Å². The number of hydrogen-bond donors (Lipinski definition) is 1. The first-order valence-corrected chi connectivity index (χ1v) is 5.23. The van der Waals surface area contributed by atoms with E-state index in [4.69, 9.17) is 23.2 Å². The molecule has 4 nitrogen and oxygen atoms in total. The molecule has 0 radical (unpaired) electrons. The molecule has 86 valence electrons. The van der Waals surface area contributed by atoms with Gasteiger partial charge in [0, 0.05) is 5.56 Å². The molecule has 0 fully saturated rings. The van der Waals surface area contributed by atoms with Gasteiger partial charge in [-0.25, -0.2) is 4.79 Å². The highest BCUT2D eigenvalue weighted by molar-refractivity contribution is 6.42. The van der Waals surface area contributed by atoms with Crippen LogP contribution in [-0.4, -0.2) is 18.6 Å². The minimum Gasteiger partial charge on any atom is -0.450 e. The fourth-order valence-corrected chi connectivity index (χ4v) is 1.27. The monoisotopic (exact) mass is 261 g/mol. The third-order valence-electron chi connectivity index (χ3n) is 1.67. The van der Waals surface area contributed by atoms with Crippen LogP contribution in [0.1, 0.15) is 17.3 Å². The number of benzene rings is 1. The van der Waals surface area contributed by atoms with Crippen molar-refractivity contribution in [2.75, 3.05) is 6.61 Å². The van der Waals surface area contributed by atoms with Gasteiger partial charge in [-0.1, -0.05) is 23.2 Å². The molecule has 0 spiro atoms. The molecule has 0 aromatic heterocycles. The van der Waals surface area contributed by atoms with E-state index in [0.717, 1.165) is 0 Å². The molecule has 16 heavy (non-hydrogen) atoms. The van der Waals surface area contributed by atoms with Crippen LogP contribution in [0.3, 0.4) is 0 Å². The summed E-state index contributed by atoms with van der Waals surface area (Å²) in [6.45, 7) is 1.84. The quantitative estimate of drug-likeness (QED) is 0.891. The number of imide groups is 1. The van der Waals surface area contributed by atoms with Crippen LogP contribution in [0.5, 0.6) is 0 Å². The molecule has 1 N–H and O–H groups in total. The molecule has 6 heteroatoms. The topological polar surface area (TPSA) is 55.4 Å². The van der Waals surface area contributed by atoms with E-state index in [1.54, 1.807) is 6.92 Å². The Balaban J connectivity index is 2.73. The van der Waals surface area contributed by atoms with Gasteiger partial charge in [-0.15, -0.1) is 0 Å². The highest BCUT2D eigenvalue weighted by Gasteiger charge is 2.11. The van der Waals surface area contributed by atoms with E-state index in [-0.39, 0.29) is 17.2 Å². The molecule has 0 atom stereocenters. The van der Waals surface area contributed by atoms with Gasteiger partial charge in [0.1, 0.15) is 0 Å². The maximum absolute atomic E-state index is 11.5. The maximum atomic E-state index is 11.5. The van der Waals surface area contributed by atoms with E-state index in [9.17, 15) is 9.59 Å². The van der Waals surface area contributed by atoms with Crippen LogP contribution in [0.4, 0.5) is 4.79 Å². The molecule has 2 amide bonds. The van der Waals surface area contributed by atoms with Crippen molar-refractivity contribution in [1.29, 1.82) is 0 Å². The minimum atomic E-state index is -0.793. The van der Waals surface area contributed by atoms with Crippen LogP contribution in [0.15, 0.2) is 18.2 Å². The Bertz CT molecular complexity index is 421. The smallest absolute Gasteiger partial charge is 0.414 e. The summed E-state index contributed by atoms with van der Waals surface area (Å²) in [5.41, 5.74) is 0.238. The zero-order valence-corrected chi connectivity index (χ0v) is 9.93. The summed E-state index contributed by atoms with van der Waals surface area (Å²) < 4.78 is 4.56. The van der Waals surface area contributed by atoms with Crippen LogP contribution in [-0.2, 0) is 4.74 Å². The molecule has 0 heterocycles. The predicted molar refractivity (Wildman–Crippen MR) is 61.0 cm³/mol. The molecule has 0 aliphatic rings. The summed E-state index contributed by atoms with van der Waals surface area (Å²) in [4.78, 5) is 22.4. The fourth-order valence-electron chi connectivity index (χ4n) is 0.969. The van der Waals surface area contributed by atoms with Gasteiger partial charge in [0.25, 0.3) is 5.91 Å². The van der Waals surface area contributed by atoms with Gasteiger partial charge in [0.05, 0.1) is 16.7 Å². The standard InChI is InChI=1S/C10H9Cl2NO3/c1-2-16-10(15)13-9(14)6-3-4-7(11)8(12)5-6/h3-5H,2H2,1H3,(H,13,14,15). The summed E-state index contributed by atoms with van der Waals surface area (Å²) in [6.07, 6.45) is -0.793. The molecule has 1 aromatic carbocycles. The number of ether oxygens (including phenoxy) is 1. The Labute approximate surface area is 102 Å². The SMILES string of the molecule is CCOC(=O)NC(=O)c1ccc(Cl)c(Cl)c1. The van der Waals surface area contributed by atoms with Gasteiger partial charge >= 0.3 is 6.09 Å². The lowest BCUT2D eigenvalue weighted by Gasteiger charge is -2.04. The van der Waals surface area contributed by atoms with Crippen molar-refractivity contribution < 1.29 is 14.3 Å². The van der Waals surface area contributed by atoms with Crippen molar-refractivity contribution in [3.05, 3.63) is 33.8 Å². The van der Waals surface area contributed by atoms with Crippen LogP contribution >= 0.6 is 23.2 Å². The largest absolute Gasteiger partial charge is 0.450 e. The molecular formula is C10H9Cl2NO3. The Morgan fingerprint density at radius 1 is 1.31 bits per heavy atom. The zero-order valence-electron chi connectivity index (χ0n) is 8.42. The first kappa shape index (κ1) is 12.8. The van der Waals surface area contributed by atoms with Crippen molar-refractivity contribution in [3.63, 3.8) is 0 Å². The van der Waals surface area contributed by atoms with Crippen molar-refractivity contribution in [3.8, 4) is 0 Å². The molecule has 0 bridgehead atoms.